The maximum atomic E-state index is 12.8. The summed E-state index contributed by atoms with van der Waals surface area (Å²) in [5.41, 5.74) is 0.859. The zero-order valence-electron chi connectivity index (χ0n) is 6.79. The lowest BCUT2D eigenvalue weighted by molar-refractivity contribution is 0.625. The van der Waals surface area contributed by atoms with Gasteiger partial charge in [-0.05, 0) is 25.1 Å². The smallest absolute Gasteiger partial charge is 0.125 e. The van der Waals surface area contributed by atoms with Crippen LogP contribution < -0.4 is 0 Å². The van der Waals surface area contributed by atoms with Gasteiger partial charge in [0.05, 0.1) is 11.7 Å². The quantitative estimate of drug-likeness (QED) is 0.631. The van der Waals surface area contributed by atoms with E-state index in [0.29, 0.717) is 0 Å². The van der Waals surface area contributed by atoms with Crippen LogP contribution in [0.5, 0.6) is 0 Å². The third-order valence-electron chi connectivity index (χ3n) is 1.91. The molecule has 0 fully saturated rings. The fraction of sp³-hybridized carbons (Fsp3) is 0.222. The van der Waals surface area contributed by atoms with Crippen molar-refractivity contribution < 1.29 is 4.39 Å². The van der Waals surface area contributed by atoms with Gasteiger partial charge in [0, 0.05) is 11.9 Å². The number of hydrogen-bond donors (Lipinski definition) is 0. The topological polar surface area (TPSA) is 17.8 Å². The molecule has 1 aromatic heterocycles. The van der Waals surface area contributed by atoms with Crippen LogP contribution in [0.15, 0.2) is 24.4 Å². The number of fused-ring (bicyclic) bond motifs is 1. The lowest BCUT2D eigenvalue weighted by atomic mass is 10.2. The van der Waals surface area contributed by atoms with Gasteiger partial charge in [-0.25, -0.2) is 4.39 Å². The van der Waals surface area contributed by atoms with E-state index in [1.807, 2.05) is 6.92 Å². The minimum atomic E-state index is -0.210. The summed E-state index contributed by atoms with van der Waals surface area (Å²) in [6.07, 6.45) is 1.75. The molecule has 0 aliphatic carbocycles. The lowest BCUT2D eigenvalue weighted by Gasteiger charge is -1.96. The maximum absolute atomic E-state index is 12.8. The molecule has 0 unspecified atom stereocenters. The van der Waals surface area contributed by atoms with Crippen LogP contribution in [0.4, 0.5) is 4.39 Å². The normalized spacial score (nSPS) is 10.8. The van der Waals surface area contributed by atoms with Crippen molar-refractivity contribution in [3.63, 3.8) is 0 Å². The van der Waals surface area contributed by atoms with Gasteiger partial charge in [0.25, 0.3) is 0 Å². The highest BCUT2D eigenvalue weighted by Gasteiger charge is 2.00. The molecule has 0 saturated heterocycles. The van der Waals surface area contributed by atoms with Crippen molar-refractivity contribution in [3.8, 4) is 0 Å². The number of aryl methyl sites for hydroxylation is 1. The summed E-state index contributed by atoms with van der Waals surface area (Å²) >= 11 is 0. The summed E-state index contributed by atoms with van der Waals surface area (Å²) in [5.74, 6) is -0.210. The summed E-state index contributed by atoms with van der Waals surface area (Å²) in [6, 6.07) is 4.69. The number of halogens is 1. The second-order valence-corrected chi connectivity index (χ2v) is 2.66. The number of nitrogens with zero attached hydrogens (tertiary/aromatic N) is 2. The van der Waals surface area contributed by atoms with Gasteiger partial charge in [0.1, 0.15) is 5.82 Å². The first-order valence-electron chi connectivity index (χ1n) is 3.92. The first-order valence-corrected chi connectivity index (χ1v) is 3.92. The molecule has 0 N–H and O–H groups in total. The van der Waals surface area contributed by atoms with Crippen molar-refractivity contribution in [3.05, 3.63) is 30.2 Å². The standard InChI is InChI=1S/C9H9FN2/c1-2-12-9-5-8(10)4-3-7(9)6-11-12/h3-6H,2H2,1H3. The van der Waals surface area contributed by atoms with Crippen molar-refractivity contribution >= 4 is 10.9 Å². The van der Waals surface area contributed by atoms with Crippen molar-refractivity contribution in [2.24, 2.45) is 0 Å². The van der Waals surface area contributed by atoms with Crippen LogP contribution in [0.2, 0.25) is 0 Å². The Hall–Kier alpha value is -1.38. The Morgan fingerprint density at radius 1 is 1.50 bits per heavy atom. The Bertz CT molecular complexity index is 406. The Labute approximate surface area is 69.6 Å². The number of benzene rings is 1. The largest absolute Gasteiger partial charge is 0.265 e. The molecule has 2 nitrogen and oxygen atoms in total. The van der Waals surface area contributed by atoms with Crippen LogP contribution in [0.3, 0.4) is 0 Å². The average molecular weight is 164 g/mol. The van der Waals surface area contributed by atoms with Crippen LogP contribution in [-0.2, 0) is 6.54 Å². The zero-order valence-corrected chi connectivity index (χ0v) is 6.79. The molecule has 1 heterocycles. The molecule has 0 aliphatic rings. The van der Waals surface area contributed by atoms with Crippen molar-refractivity contribution in [1.29, 1.82) is 0 Å². The van der Waals surface area contributed by atoms with Crippen molar-refractivity contribution in [1.82, 2.24) is 9.78 Å². The van der Waals surface area contributed by atoms with E-state index in [9.17, 15) is 4.39 Å². The summed E-state index contributed by atoms with van der Waals surface area (Å²) in [4.78, 5) is 0. The lowest BCUT2D eigenvalue weighted by Crippen LogP contribution is -1.95. The summed E-state index contributed by atoms with van der Waals surface area (Å²) in [6.45, 7) is 2.75. The SMILES string of the molecule is CCn1ncc2ccc(F)cc21. The molecule has 12 heavy (non-hydrogen) atoms. The van der Waals surface area contributed by atoms with E-state index in [1.165, 1.54) is 12.1 Å². The first-order chi connectivity index (χ1) is 5.81. The molecule has 0 bridgehead atoms. The minimum absolute atomic E-state index is 0.210. The molecule has 3 heteroatoms. The van der Waals surface area contributed by atoms with Gasteiger partial charge in [0.15, 0.2) is 0 Å². The molecule has 0 saturated carbocycles. The van der Waals surface area contributed by atoms with E-state index in [4.69, 9.17) is 0 Å². The van der Waals surface area contributed by atoms with Gasteiger partial charge >= 0.3 is 0 Å². The second-order valence-electron chi connectivity index (χ2n) is 2.66. The van der Waals surface area contributed by atoms with Gasteiger partial charge in [-0.1, -0.05) is 0 Å². The Kier molecular flexibility index (Phi) is 1.57. The zero-order chi connectivity index (χ0) is 8.55. The monoisotopic (exact) mass is 164 g/mol. The van der Waals surface area contributed by atoms with Crippen LogP contribution in [0.25, 0.3) is 10.9 Å². The van der Waals surface area contributed by atoms with Crippen LogP contribution in [0, 0.1) is 5.82 Å². The van der Waals surface area contributed by atoms with E-state index in [2.05, 4.69) is 5.10 Å². The molecular formula is C9H9FN2. The predicted octanol–water partition coefficient (Wildman–Crippen LogP) is 2.20. The van der Waals surface area contributed by atoms with E-state index in [0.717, 1.165) is 17.4 Å². The molecule has 0 radical (unpaired) electrons. The number of rotatable bonds is 1. The average Bonchev–Trinajstić information content (AvgIpc) is 2.46. The molecule has 2 aromatic rings. The van der Waals surface area contributed by atoms with Gasteiger partial charge in [-0.3, -0.25) is 4.68 Å². The molecular weight excluding hydrogens is 155 g/mol. The van der Waals surface area contributed by atoms with E-state index in [1.54, 1.807) is 16.9 Å². The highest BCUT2D eigenvalue weighted by atomic mass is 19.1. The van der Waals surface area contributed by atoms with E-state index < -0.39 is 0 Å². The predicted molar refractivity (Wildman–Crippen MR) is 45.4 cm³/mol. The summed E-state index contributed by atoms with van der Waals surface area (Å²) in [5, 5.41) is 5.09. The fourth-order valence-electron chi connectivity index (χ4n) is 1.30. The van der Waals surface area contributed by atoms with E-state index >= 15 is 0 Å². The number of aromatic nitrogens is 2. The highest BCUT2D eigenvalue weighted by Crippen LogP contribution is 2.14. The Balaban J connectivity index is 2.75. The van der Waals surface area contributed by atoms with Crippen LogP contribution in [-0.4, -0.2) is 9.78 Å². The van der Waals surface area contributed by atoms with Gasteiger partial charge in [-0.2, -0.15) is 5.10 Å². The molecule has 1 aromatic carbocycles. The first kappa shape index (κ1) is 7.28. The minimum Gasteiger partial charge on any atom is -0.265 e. The summed E-state index contributed by atoms with van der Waals surface area (Å²) in [7, 11) is 0. The summed E-state index contributed by atoms with van der Waals surface area (Å²) < 4.78 is 14.6. The second kappa shape index (κ2) is 2.59. The van der Waals surface area contributed by atoms with Crippen LogP contribution >= 0.6 is 0 Å². The van der Waals surface area contributed by atoms with Crippen molar-refractivity contribution in [2.45, 2.75) is 13.5 Å². The fourth-order valence-corrected chi connectivity index (χ4v) is 1.30. The van der Waals surface area contributed by atoms with Crippen LogP contribution in [0.1, 0.15) is 6.92 Å². The third-order valence-corrected chi connectivity index (χ3v) is 1.91. The van der Waals surface area contributed by atoms with Crippen molar-refractivity contribution in [2.75, 3.05) is 0 Å². The van der Waals surface area contributed by atoms with E-state index in [-0.39, 0.29) is 5.82 Å². The molecule has 0 amide bonds. The molecule has 0 atom stereocenters. The third kappa shape index (κ3) is 0.978. The van der Waals surface area contributed by atoms with Gasteiger partial charge in [-0.15, -0.1) is 0 Å². The Morgan fingerprint density at radius 3 is 3.08 bits per heavy atom. The number of hydrogen-bond acceptors (Lipinski definition) is 1. The molecule has 0 aliphatic heterocycles. The molecule has 0 spiro atoms. The van der Waals surface area contributed by atoms with Gasteiger partial charge < -0.3 is 0 Å². The maximum Gasteiger partial charge on any atom is 0.125 e. The molecule has 2 rings (SSSR count). The van der Waals surface area contributed by atoms with Gasteiger partial charge in [0.2, 0.25) is 0 Å². The Morgan fingerprint density at radius 2 is 2.33 bits per heavy atom. The highest BCUT2D eigenvalue weighted by molar-refractivity contribution is 5.78. The molecule has 62 valence electrons.